The molecule has 18 heavy (non-hydrogen) atoms. The first-order valence-corrected chi connectivity index (χ1v) is 6.35. The molecule has 92 valence electrons. The predicted molar refractivity (Wildman–Crippen MR) is 72.8 cm³/mol. The summed E-state index contributed by atoms with van der Waals surface area (Å²) in [5, 5.41) is 10.3. The maximum Gasteiger partial charge on any atom is 0.135 e. The average Bonchev–Trinajstić information content (AvgIpc) is 2.80. The Labute approximate surface area is 115 Å². The molecule has 1 heterocycles. The van der Waals surface area contributed by atoms with Crippen molar-refractivity contribution in [2.24, 2.45) is 0 Å². The molecule has 2 nitrogen and oxygen atoms in total. The van der Waals surface area contributed by atoms with Crippen LogP contribution in [0.4, 0.5) is 0 Å². The van der Waals surface area contributed by atoms with Crippen molar-refractivity contribution in [3.05, 3.63) is 45.9 Å². The Morgan fingerprint density at radius 3 is 2.72 bits per heavy atom. The van der Waals surface area contributed by atoms with Crippen LogP contribution in [0.5, 0.6) is 11.5 Å². The zero-order valence-electron chi connectivity index (χ0n) is 9.41. The Morgan fingerprint density at radius 2 is 1.89 bits per heavy atom. The van der Waals surface area contributed by atoms with Crippen LogP contribution in [0.25, 0.3) is 11.1 Å². The Morgan fingerprint density at radius 1 is 1.06 bits per heavy atom. The van der Waals surface area contributed by atoms with E-state index in [2.05, 4.69) is 6.07 Å². The topological polar surface area (TPSA) is 29.5 Å². The number of phenolic OH excluding ortho intramolecular Hbond substituents is 1. The SMILES string of the molecule is Oc1cc(Cl)c(-c2ccc3c(c2)CCO3)cc1Cl. The second kappa shape index (κ2) is 4.38. The lowest BCUT2D eigenvalue weighted by Crippen LogP contribution is -1.85. The third-order valence-electron chi connectivity index (χ3n) is 3.04. The highest BCUT2D eigenvalue weighted by molar-refractivity contribution is 6.36. The number of hydrogen-bond acceptors (Lipinski definition) is 2. The summed E-state index contributed by atoms with van der Waals surface area (Å²) >= 11 is 12.1. The molecule has 0 saturated carbocycles. The van der Waals surface area contributed by atoms with Gasteiger partial charge in [0.25, 0.3) is 0 Å². The van der Waals surface area contributed by atoms with Gasteiger partial charge in [-0.25, -0.2) is 0 Å². The molecule has 0 aromatic heterocycles. The standard InChI is InChI=1S/C14H10Cl2O2/c15-11-7-13(17)12(16)6-10(11)8-1-2-14-9(5-8)3-4-18-14/h1-2,5-7,17H,3-4H2. The number of fused-ring (bicyclic) bond motifs is 1. The lowest BCUT2D eigenvalue weighted by Gasteiger charge is -2.08. The number of hydrogen-bond donors (Lipinski definition) is 1. The van der Waals surface area contributed by atoms with Crippen LogP contribution in [0.1, 0.15) is 5.56 Å². The lowest BCUT2D eigenvalue weighted by atomic mass is 10.0. The number of phenols is 1. The second-order valence-electron chi connectivity index (χ2n) is 4.20. The van der Waals surface area contributed by atoms with Gasteiger partial charge in [0.15, 0.2) is 0 Å². The van der Waals surface area contributed by atoms with Gasteiger partial charge in [0.1, 0.15) is 11.5 Å². The summed E-state index contributed by atoms with van der Waals surface area (Å²) in [6.45, 7) is 0.725. The average molecular weight is 281 g/mol. The lowest BCUT2D eigenvalue weighted by molar-refractivity contribution is 0.357. The maximum atomic E-state index is 9.49. The molecule has 0 fully saturated rings. The highest BCUT2D eigenvalue weighted by Gasteiger charge is 2.14. The molecule has 0 unspecified atom stereocenters. The van der Waals surface area contributed by atoms with E-state index < -0.39 is 0 Å². The summed E-state index contributed by atoms with van der Waals surface area (Å²) in [6, 6.07) is 9.07. The molecule has 0 radical (unpaired) electrons. The van der Waals surface area contributed by atoms with Gasteiger partial charge in [-0.15, -0.1) is 0 Å². The number of aromatic hydroxyl groups is 1. The minimum absolute atomic E-state index is 0.00471. The van der Waals surface area contributed by atoms with E-state index >= 15 is 0 Å². The molecule has 1 N–H and O–H groups in total. The van der Waals surface area contributed by atoms with Gasteiger partial charge in [0, 0.05) is 18.1 Å². The van der Waals surface area contributed by atoms with Crippen molar-refractivity contribution in [2.75, 3.05) is 6.61 Å². The molecule has 0 atom stereocenters. The summed E-state index contributed by atoms with van der Waals surface area (Å²) in [7, 11) is 0. The molecule has 2 aromatic carbocycles. The summed E-state index contributed by atoms with van der Waals surface area (Å²) in [6.07, 6.45) is 0.909. The number of benzene rings is 2. The monoisotopic (exact) mass is 280 g/mol. The van der Waals surface area contributed by atoms with Crippen molar-refractivity contribution < 1.29 is 9.84 Å². The van der Waals surface area contributed by atoms with Gasteiger partial charge in [0.2, 0.25) is 0 Å². The molecule has 0 saturated heterocycles. The smallest absolute Gasteiger partial charge is 0.135 e. The van der Waals surface area contributed by atoms with E-state index in [-0.39, 0.29) is 5.75 Å². The highest BCUT2D eigenvalue weighted by atomic mass is 35.5. The van der Waals surface area contributed by atoms with Crippen LogP contribution in [-0.2, 0) is 6.42 Å². The maximum absolute atomic E-state index is 9.49. The van der Waals surface area contributed by atoms with E-state index in [0.29, 0.717) is 10.0 Å². The zero-order chi connectivity index (χ0) is 12.7. The Balaban J connectivity index is 2.12. The van der Waals surface area contributed by atoms with Gasteiger partial charge in [-0.3, -0.25) is 0 Å². The van der Waals surface area contributed by atoms with Gasteiger partial charge in [-0.05, 0) is 29.3 Å². The molecule has 1 aliphatic rings. The Kier molecular flexibility index (Phi) is 2.84. The molecular weight excluding hydrogens is 271 g/mol. The molecule has 4 heteroatoms. The van der Waals surface area contributed by atoms with Crippen molar-refractivity contribution in [1.29, 1.82) is 0 Å². The van der Waals surface area contributed by atoms with Gasteiger partial charge < -0.3 is 9.84 Å². The molecule has 0 aliphatic carbocycles. The molecule has 0 amide bonds. The highest BCUT2D eigenvalue weighted by Crippen LogP contribution is 2.38. The van der Waals surface area contributed by atoms with Gasteiger partial charge >= 0.3 is 0 Å². The summed E-state index contributed by atoms with van der Waals surface area (Å²) in [5.74, 6) is 0.926. The van der Waals surface area contributed by atoms with E-state index in [1.807, 2.05) is 12.1 Å². The first-order chi connectivity index (χ1) is 8.65. The van der Waals surface area contributed by atoms with Crippen molar-refractivity contribution in [3.8, 4) is 22.6 Å². The Hall–Kier alpha value is -1.38. The summed E-state index contributed by atoms with van der Waals surface area (Å²) in [4.78, 5) is 0. The number of ether oxygens (including phenoxy) is 1. The quantitative estimate of drug-likeness (QED) is 0.844. The third-order valence-corrected chi connectivity index (χ3v) is 3.65. The first-order valence-electron chi connectivity index (χ1n) is 5.59. The first kappa shape index (κ1) is 11.7. The van der Waals surface area contributed by atoms with E-state index in [4.69, 9.17) is 27.9 Å². The fourth-order valence-corrected chi connectivity index (χ4v) is 2.54. The van der Waals surface area contributed by atoms with Crippen LogP contribution in [-0.4, -0.2) is 11.7 Å². The van der Waals surface area contributed by atoms with Crippen LogP contribution < -0.4 is 4.74 Å². The normalized spacial score (nSPS) is 13.2. The van der Waals surface area contributed by atoms with E-state index in [1.165, 1.54) is 11.6 Å². The van der Waals surface area contributed by atoms with Gasteiger partial charge in [-0.2, -0.15) is 0 Å². The van der Waals surface area contributed by atoms with Crippen LogP contribution in [0.3, 0.4) is 0 Å². The van der Waals surface area contributed by atoms with Crippen LogP contribution >= 0.6 is 23.2 Å². The molecule has 2 aromatic rings. The van der Waals surface area contributed by atoms with Crippen molar-refractivity contribution in [3.63, 3.8) is 0 Å². The second-order valence-corrected chi connectivity index (χ2v) is 5.02. The van der Waals surface area contributed by atoms with Crippen LogP contribution in [0, 0.1) is 0 Å². The largest absolute Gasteiger partial charge is 0.506 e. The molecular formula is C14H10Cl2O2. The number of rotatable bonds is 1. The molecule has 1 aliphatic heterocycles. The van der Waals surface area contributed by atoms with Gasteiger partial charge in [0.05, 0.1) is 16.7 Å². The zero-order valence-corrected chi connectivity index (χ0v) is 10.9. The molecule has 0 bridgehead atoms. The third kappa shape index (κ3) is 1.92. The van der Waals surface area contributed by atoms with Crippen LogP contribution in [0.15, 0.2) is 30.3 Å². The predicted octanol–water partition coefficient (Wildman–Crippen LogP) is 4.30. The van der Waals surface area contributed by atoms with E-state index in [0.717, 1.165) is 29.9 Å². The molecule has 0 spiro atoms. The Bertz CT molecular complexity index is 623. The van der Waals surface area contributed by atoms with Crippen molar-refractivity contribution in [1.82, 2.24) is 0 Å². The minimum Gasteiger partial charge on any atom is -0.506 e. The summed E-state index contributed by atoms with van der Waals surface area (Å²) < 4.78 is 5.46. The minimum atomic E-state index is -0.00471. The fourth-order valence-electron chi connectivity index (χ4n) is 2.11. The van der Waals surface area contributed by atoms with Crippen molar-refractivity contribution >= 4 is 23.2 Å². The number of halogens is 2. The van der Waals surface area contributed by atoms with Crippen molar-refractivity contribution in [2.45, 2.75) is 6.42 Å². The van der Waals surface area contributed by atoms with E-state index in [1.54, 1.807) is 6.07 Å². The fraction of sp³-hybridized carbons (Fsp3) is 0.143. The van der Waals surface area contributed by atoms with Crippen LogP contribution in [0.2, 0.25) is 10.0 Å². The summed E-state index contributed by atoms with van der Waals surface area (Å²) in [5.41, 5.74) is 2.97. The van der Waals surface area contributed by atoms with E-state index in [9.17, 15) is 5.11 Å². The molecule has 3 rings (SSSR count). The van der Waals surface area contributed by atoms with Gasteiger partial charge in [-0.1, -0.05) is 29.3 Å².